The van der Waals surface area contributed by atoms with Gasteiger partial charge in [-0.15, -0.1) is 0 Å². The lowest BCUT2D eigenvalue weighted by Gasteiger charge is -2.25. The SMILES string of the molecule is O=C(Nc1ccc(F)c(Cl)c1)N1CCCN(c2c(Cl)cccc2Cl)CC1. The molecule has 2 aromatic carbocycles. The summed E-state index contributed by atoms with van der Waals surface area (Å²) in [7, 11) is 0. The molecule has 0 radical (unpaired) electrons. The van der Waals surface area contributed by atoms with Gasteiger partial charge in [0.2, 0.25) is 0 Å². The largest absolute Gasteiger partial charge is 0.367 e. The molecule has 1 fully saturated rings. The van der Waals surface area contributed by atoms with Crippen molar-refractivity contribution in [1.29, 1.82) is 0 Å². The normalized spacial score (nSPS) is 14.9. The fraction of sp³-hybridized carbons (Fsp3) is 0.278. The molecule has 1 N–H and O–H groups in total. The number of carbonyl (C=O) groups is 1. The number of anilines is 2. The summed E-state index contributed by atoms with van der Waals surface area (Å²) in [6, 6.07) is 9.25. The fourth-order valence-corrected chi connectivity index (χ4v) is 3.73. The first-order chi connectivity index (χ1) is 12.5. The maximum absolute atomic E-state index is 13.2. The molecular formula is C18H17Cl3FN3O. The van der Waals surface area contributed by atoms with Crippen molar-refractivity contribution in [2.24, 2.45) is 0 Å². The van der Waals surface area contributed by atoms with Crippen LogP contribution in [0.3, 0.4) is 0 Å². The molecule has 0 unspecified atom stereocenters. The van der Waals surface area contributed by atoms with Gasteiger partial charge in [0, 0.05) is 31.9 Å². The highest BCUT2D eigenvalue weighted by Crippen LogP contribution is 2.34. The van der Waals surface area contributed by atoms with E-state index in [2.05, 4.69) is 10.2 Å². The molecular weight excluding hydrogens is 400 g/mol. The molecule has 1 aliphatic heterocycles. The van der Waals surface area contributed by atoms with Gasteiger partial charge in [-0.05, 0) is 36.8 Å². The van der Waals surface area contributed by atoms with Gasteiger partial charge in [0.1, 0.15) is 5.82 Å². The Kier molecular flexibility index (Phi) is 6.12. The Hall–Kier alpha value is -1.69. The van der Waals surface area contributed by atoms with E-state index in [9.17, 15) is 9.18 Å². The molecule has 2 aromatic rings. The molecule has 0 atom stereocenters. The van der Waals surface area contributed by atoms with Crippen LogP contribution < -0.4 is 10.2 Å². The number of carbonyl (C=O) groups excluding carboxylic acids is 1. The number of benzene rings is 2. The average Bonchev–Trinajstić information content (AvgIpc) is 2.84. The van der Waals surface area contributed by atoms with Gasteiger partial charge in [-0.25, -0.2) is 9.18 Å². The maximum Gasteiger partial charge on any atom is 0.321 e. The van der Waals surface area contributed by atoms with E-state index in [0.717, 1.165) is 18.7 Å². The van der Waals surface area contributed by atoms with Gasteiger partial charge in [0.15, 0.2) is 0 Å². The van der Waals surface area contributed by atoms with Crippen LogP contribution in [0.15, 0.2) is 36.4 Å². The Morgan fingerprint density at radius 3 is 2.38 bits per heavy atom. The minimum absolute atomic E-state index is 0.0294. The smallest absolute Gasteiger partial charge is 0.321 e. The van der Waals surface area contributed by atoms with E-state index in [0.29, 0.717) is 35.4 Å². The third-order valence-electron chi connectivity index (χ3n) is 4.21. The van der Waals surface area contributed by atoms with Crippen molar-refractivity contribution >= 4 is 52.2 Å². The standard InChI is InChI=1S/C18H17Cl3FN3O/c19-13-3-1-4-14(20)17(13)24-7-2-8-25(10-9-24)18(26)23-12-5-6-16(22)15(21)11-12/h1,3-6,11H,2,7-10H2,(H,23,26). The number of halogens is 4. The number of rotatable bonds is 2. The van der Waals surface area contributed by atoms with Gasteiger partial charge in [0.25, 0.3) is 0 Å². The van der Waals surface area contributed by atoms with E-state index in [-0.39, 0.29) is 11.1 Å². The highest BCUT2D eigenvalue weighted by Gasteiger charge is 2.22. The summed E-state index contributed by atoms with van der Waals surface area (Å²) in [5.41, 5.74) is 1.25. The Bertz CT molecular complexity index is 798. The first-order valence-corrected chi connectivity index (χ1v) is 9.29. The zero-order valence-electron chi connectivity index (χ0n) is 13.8. The Labute approximate surface area is 166 Å². The molecule has 0 saturated carbocycles. The van der Waals surface area contributed by atoms with Crippen molar-refractivity contribution in [3.05, 3.63) is 57.3 Å². The lowest BCUT2D eigenvalue weighted by atomic mass is 10.2. The fourth-order valence-electron chi connectivity index (χ4n) is 2.91. The lowest BCUT2D eigenvalue weighted by Crippen LogP contribution is -2.38. The van der Waals surface area contributed by atoms with E-state index in [1.165, 1.54) is 18.2 Å². The maximum atomic E-state index is 13.2. The molecule has 1 saturated heterocycles. The van der Waals surface area contributed by atoms with Gasteiger partial charge in [-0.1, -0.05) is 40.9 Å². The molecule has 26 heavy (non-hydrogen) atoms. The van der Waals surface area contributed by atoms with E-state index in [1.807, 2.05) is 0 Å². The van der Waals surface area contributed by atoms with Crippen molar-refractivity contribution < 1.29 is 9.18 Å². The third kappa shape index (κ3) is 4.34. The highest BCUT2D eigenvalue weighted by molar-refractivity contribution is 6.39. The van der Waals surface area contributed by atoms with Crippen LogP contribution in [-0.2, 0) is 0 Å². The topological polar surface area (TPSA) is 35.6 Å². The molecule has 2 amide bonds. The van der Waals surface area contributed by atoms with Crippen molar-refractivity contribution in [3.63, 3.8) is 0 Å². The van der Waals surface area contributed by atoms with E-state index in [4.69, 9.17) is 34.8 Å². The van der Waals surface area contributed by atoms with Gasteiger partial charge >= 0.3 is 6.03 Å². The van der Waals surface area contributed by atoms with Crippen LogP contribution in [0.25, 0.3) is 0 Å². The second-order valence-electron chi connectivity index (χ2n) is 5.96. The minimum Gasteiger partial charge on any atom is -0.367 e. The predicted octanol–water partition coefficient (Wildman–Crippen LogP) is 5.53. The lowest BCUT2D eigenvalue weighted by molar-refractivity contribution is 0.215. The second kappa shape index (κ2) is 8.33. The first kappa shape index (κ1) is 19.1. The summed E-state index contributed by atoms with van der Waals surface area (Å²) in [5.74, 6) is -0.522. The van der Waals surface area contributed by atoms with Crippen molar-refractivity contribution in [2.75, 3.05) is 36.4 Å². The first-order valence-electron chi connectivity index (χ1n) is 8.15. The highest BCUT2D eigenvalue weighted by atomic mass is 35.5. The number of amides is 2. The molecule has 1 heterocycles. The summed E-state index contributed by atoms with van der Waals surface area (Å²) >= 11 is 18.3. The molecule has 8 heteroatoms. The quantitative estimate of drug-likeness (QED) is 0.698. The molecule has 0 spiro atoms. The molecule has 4 nitrogen and oxygen atoms in total. The number of urea groups is 1. The zero-order chi connectivity index (χ0) is 18.7. The van der Waals surface area contributed by atoms with Crippen molar-refractivity contribution in [3.8, 4) is 0 Å². The van der Waals surface area contributed by atoms with Crippen LogP contribution in [0, 0.1) is 5.82 Å². The van der Waals surface area contributed by atoms with Crippen molar-refractivity contribution in [2.45, 2.75) is 6.42 Å². The number of para-hydroxylation sites is 1. The predicted molar refractivity (Wildman–Crippen MR) is 105 cm³/mol. The Morgan fingerprint density at radius 2 is 1.69 bits per heavy atom. The summed E-state index contributed by atoms with van der Waals surface area (Å²) < 4.78 is 13.2. The number of hydrogen-bond acceptors (Lipinski definition) is 2. The van der Waals surface area contributed by atoms with Crippen LogP contribution in [0.4, 0.5) is 20.6 Å². The Balaban J connectivity index is 1.66. The monoisotopic (exact) mass is 415 g/mol. The van der Waals surface area contributed by atoms with Gasteiger partial charge in [0.05, 0.1) is 20.8 Å². The minimum atomic E-state index is -0.522. The third-order valence-corrected chi connectivity index (χ3v) is 5.11. The number of nitrogens with one attached hydrogen (secondary N) is 1. The molecule has 138 valence electrons. The van der Waals surface area contributed by atoms with Crippen LogP contribution in [0.5, 0.6) is 0 Å². The van der Waals surface area contributed by atoms with Crippen LogP contribution in [0.2, 0.25) is 15.1 Å². The van der Waals surface area contributed by atoms with Gasteiger partial charge < -0.3 is 15.1 Å². The van der Waals surface area contributed by atoms with E-state index >= 15 is 0 Å². The second-order valence-corrected chi connectivity index (χ2v) is 7.18. The molecule has 3 rings (SSSR count). The summed E-state index contributed by atoms with van der Waals surface area (Å²) in [5, 5.41) is 3.91. The summed E-state index contributed by atoms with van der Waals surface area (Å²) in [6.07, 6.45) is 0.777. The number of nitrogens with zero attached hydrogens (tertiary/aromatic N) is 2. The van der Waals surface area contributed by atoms with Crippen LogP contribution in [-0.4, -0.2) is 37.1 Å². The van der Waals surface area contributed by atoms with E-state index in [1.54, 1.807) is 23.1 Å². The van der Waals surface area contributed by atoms with Crippen LogP contribution >= 0.6 is 34.8 Å². The average molecular weight is 417 g/mol. The van der Waals surface area contributed by atoms with E-state index < -0.39 is 5.82 Å². The molecule has 1 aliphatic rings. The molecule has 0 bridgehead atoms. The van der Waals surface area contributed by atoms with Crippen molar-refractivity contribution in [1.82, 2.24) is 4.90 Å². The molecule has 0 aliphatic carbocycles. The molecule has 0 aromatic heterocycles. The van der Waals surface area contributed by atoms with Gasteiger partial charge in [-0.2, -0.15) is 0 Å². The number of hydrogen-bond donors (Lipinski definition) is 1. The summed E-state index contributed by atoms with van der Waals surface area (Å²) in [6.45, 7) is 2.47. The van der Waals surface area contributed by atoms with Crippen LogP contribution in [0.1, 0.15) is 6.42 Å². The van der Waals surface area contributed by atoms with Gasteiger partial charge in [-0.3, -0.25) is 0 Å². The Morgan fingerprint density at radius 1 is 0.962 bits per heavy atom. The summed E-state index contributed by atoms with van der Waals surface area (Å²) in [4.78, 5) is 16.3. The zero-order valence-corrected chi connectivity index (χ0v) is 16.1.